The van der Waals surface area contributed by atoms with Gasteiger partial charge in [-0.3, -0.25) is 0 Å². The van der Waals surface area contributed by atoms with Gasteiger partial charge in [0, 0.05) is 6.04 Å². The number of hydrogen-bond donors (Lipinski definition) is 1. The highest BCUT2D eigenvalue weighted by molar-refractivity contribution is 7.91. The van der Waals surface area contributed by atoms with Crippen LogP contribution in [0.2, 0.25) is 0 Å². The molecule has 2 atom stereocenters. The van der Waals surface area contributed by atoms with Crippen LogP contribution in [0.1, 0.15) is 40.0 Å². The minimum absolute atomic E-state index is 0.332. The second kappa shape index (κ2) is 6.55. The first kappa shape index (κ1) is 14.7. The Kier molecular flexibility index (Phi) is 5.67. The van der Waals surface area contributed by atoms with Crippen molar-refractivity contribution in [1.82, 2.24) is 5.32 Å². The Hall–Kier alpha value is -0.350. The van der Waals surface area contributed by atoms with Crippen molar-refractivity contribution in [3.05, 3.63) is 11.6 Å². The minimum atomic E-state index is -2.74. The lowest BCUT2D eigenvalue weighted by molar-refractivity contribution is 0.452. The van der Waals surface area contributed by atoms with Gasteiger partial charge in [0.15, 0.2) is 9.84 Å². The molecule has 2 unspecified atom stereocenters. The molecule has 0 aliphatic carbocycles. The van der Waals surface area contributed by atoms with Gasteiger partial charge in [-0.25, -0.2) is 8.42 Å². The van der Waals surface area contributed by atoms with E-state index in [0.29, 0.717) is 23.5 Å². The first-order chi connectivity index (χ1) is 7.93. The van der Waals surface area contributed by atoms with Crippen LogP contribution in [0.15, 0.2) is 11.6 Å². The van der Waals surface area contributed by atoms with Crippen molar-refractivity contribution in [2.24, 2.45) is 5.92 Å². The second-order valence-corrected chi connectivity index (χ2v) is 7.54. The van der Waals surface area contributed by atoms with Crippen LogP contribution in [0.25, 0.3) is 0 Å². The maximum absolute atomic E-state index is 11.4. The summed E-state index contributed by atoms with van der Waals surface area (Å²) in [5, 5.41) is 3.48. The molecule has 1 saturated heterocycles. The van der Waals surface area contributed by atoms with E-state index in [1.54, 1.807) is 0 Å². The van der Waals surface area contributed by atoms with E-state index in [0.717, 1.165) is 25.8 Å². The monoisotopic (exact) mass is 259 g/mol. The lowest BCUT2D eigenvalue weighted by Crippen LogP contribution is -2.30. The fraction of sp³-hybridized carbons (Fsp3) is 0.846. The highest BCUT2D eigenvalue weighted by Crippen LogP contribution is 2.23. The molecule has 4 heteroatoms. The molecule has 1 heterocycles. The molecular formula is C13H25NO2S. The van der Waals surface area contributed by atoms with E-state index in [9.17, 15) is 8.42 Å². The van der Waals surface area contributed by atoms with Gasteiger partial charge in [-0.05, 0) is 45.6 Å². The maximum atomic E-state index is 11.4. The molecular weight excluding hydrogens is 234 g/mol. The zero-order valence-electron chi connectivity index (χ0n) is 11.2. The third-order valence-corrected chi connectivity index (χ3v) is 4.94. The summed E-state index contributed by atoms with van der Waals surface area (Å²) in [6.45, 7) is 7.32. The quantitative estimate of drug-likeness (QED) is 0.743. The fourth-order valence-corrected chi connectivity index (χ4v) is 4.24. The van der Waals surface area contributed by atoms with Gasteiger partial charge in [-0.2, -0.15) is 0 Å². The topological polar surface area (TPSA) is 46.2 Å². The molecule has 0 saturated carbocycles. The molecule has 17 heavy (non-hydrogen) atoms. The van der Waals surface area contributed by atoms with E-state index in [-0.39, 0.29) is 0 Å². The molecule has 0 amide bonds. The Morgan fingerprint density at radius 2 is 2.18 bits per heavy atom. The van der Waals surface area contributed by atoms with E-state index in [1.165, 1.54) is 5.57 Å². The molecule has 0 bridgehead atoms. The minimum Gasteiger partial charge on any atom is -0.311 e. The van der Waals surface area contributed by atoms with Crippen LogP contribution in [-0.2, 0) is 9.84 Å². The summed E-state index contributed by atoms with van der Waals surface area (Å²) >= 11 is 0. The number of sulfone groups is 1. The number of nitrogens with one attached hydrogen (secondary N) is 1. The maximum Gasteiger partial charge on any atom is 0.150 e. The molecule has 1 aliphatic rings. The number of allylic oxidation sites excluding steroid dienone is 1. The lowest BCUT2D eigenvalue weighted by Gasteiger charge is -2.18. The first-order valence-corrected chi connectivity index (χ1v) is 8.34. The third-order valence-electron chi connectivity index (χ3n) is 3.11. The highest BCUT2D eigenvalue weighted by atomic mass is 32.2. The van der Waals surface area contributed by atoms with Crippen LogP contribution in [-0.4, -0.2) is 32.5 Å². The molecule has 0 spiro atoms. The largest absolute Gasteiger partial charge is 0.311 e. The molecule has 3 nitrogen and oxygen atoms in total. The Balaban J connectivity index is 2.51. The SMILES string of the molecule is CCCNC(C=C(C)C)CC1CCS(=O)(=O)C1. The fourth-order valence-electron chi connectivity index (χ4n) is 2.36. The molecule has 1 rings (SSSR count). The predicted molar refractivity (Wildman–Crippen MR) is 72.9 cm³/mol. The van der Waals surface area contributed by atoms with E-state index in [2.05, 4.69) is 32.2 Å². The molecule has 100 valence electrons. The molecule has 0 radical (unpaired) electrons. The molecule has 0 aromatic carbocycles. The average molecular weight is 259 g/mol. The van der Waals surface area contributed by atoms with Crippen molar-refractivity contribution in [2.45, 2.75) is 46.1 Å². The van der Waals surface area contributed by atoms with Gasteiger partial charge in [-0.15, -0.1) is 0 Å². The van der Waals surface area contributed by atoms with Crippen LogP contribution < -0.4 is 5.32 Å². The first-order valence-electron chi connectivity index (χ1n) is 6.52. The van der Waals surface area contributed by atoms with Crippen molar-refractivity contribution in [1.29, 1.82) is 0 Å². The van der Waals surface area contributed by atoms with Gasteiger partial charge < -0.3 is 5.32 Å². The van der Waals surface area contributed by atoms with Gasteiger partial charge in [0.1, 0.15) is 0 Å². The van der Waals surface area contributed by atoms with Crippen LogP contribution in [0, 0.1) is 5.92 Å². The lowest BCUT2D eigenvalue weighted by atomic mass is 9.98. The van der Waals surface area contributed by atoms with E-state index in [1.807, 2.05) is 0 Å². The number of rotatable bonds is 6. The molecule has 1 aliphatic heterocycles. The van der Waals surface area contributed by atoms with Gasteiger partial charge >= 0.3 is 0 Å². The summed E-state index contributed by atoms with van der Waals surface area (Å²) in [7, 11) is -2.74. The smallest absolute Gasteiger partial charge is 0.150 e. The summed E-state index contributed by atoms with van der Waals surface area (Å²) in [6.07, 6.45) is 5.12. The summed E-state index contributed by atoms with van der Waals surface area (Å²) in [5.74, 6) is 1.10. The van der Waals surface area contributed by atoms with Crippen LogP contribution in [0.5, 0.6) is 0 Å². The Labute approximate surface area is 106 Å². The van der Waals surface area contributed by atoms with E-state index < -0.39 is 9.84 Å². The molecule has 0 aromatic rings. The number of hydrogen-bond acceptors (Lipinski definition) is 3. The zero-order chi connectivity index (χ0) is 12.9. The van der Waals surface area contributed by atoms with Gasteiger partial charge in [0.25, 0.3) is 0 Å². The third kappa shape index (κ3) is 5.68. The summed E-state index contributed by atoms with van der Waals surface area (Å²) in [4.78, 5) is 0. The normalized spacial score (nSPS) is 24.5. The van der Waals surface area contributed by atoms with Gasteiger partial charge in [0.05, 0.1) is 11.5 Å². The van der Waals surface area contributed by atoms with Crippen LogP contribution >= 0.6 is 0 Å². The van der Waals surface area contributed by atoms with Gasteiger partial charge in [0.2, 0.25) is 0 Å². The molecule has 0 aromatic heterocycles. The van der Waals surface area contributed by atoms with E-state index >= 15 is 0 Å². The van der Waals surface area contributed by atoms with Crippen molar-refractivity contribution in [3.63, 3.8) is 0 Å². The summed E-state index contributed by atoms with van der Waals surface area (Å²) < 4.78 is 22.8. The second-order valence-electron chi connectivity index (χ2n) is 5.31. The van der Waals surface area contributed by atoms with Crippen molar-refractivity contribution < 1.29 is 8.42 Å². The van der Waals surface area contributed by atoms with Gasteiger partial charge in [-0.1, -0.05) is 18.6 Å². The predicted octanol–water partition coefficient (Wildman–Crippen LogP) is 2.15. The highest BCUT2D eigenvalue weighted by Gasteiger charge is 2.29. The average Bonchev–Trinajstić information content (AvgIpc) is 2.53. The van der Waals surface area contributed by atoms with Crippen molar-refractivity contribution in [3.8, 4) is 0 Å². The molecule has 1 N–H and O–H groups in total. The van der Waals surface area contributed by atoms with Crippen LogP contribution in [0.4, 0.5) is 0 Å². The summed E-state index contributed by atoms with van der Waals surface area (Å²) in [5.41, 5.74) is 1.29. The van der Waals surface area contributed by atoms with Crippen molar-refractivity contribution in [2.75, 3.05) is 18.1 Å². The van der Waals surface area contributed by atoms with Crippen molar-refractivity contribution >= 4 is 9.84 Å². The Morgan fingerprint density at radius 3 is 2.65 bits per heavy atom. The zero-order valence-corrected chi connectivity index (χ0v) is 12.0. The summed E-state index contributed by atoms with van der Waals surface area (Å²) in [6, 6.07) is 0.332. The molecule has 1 fully saturated rings. The van der Waals surface area contributed by atoms with Crippen LogP contribution in [0.3, 0.4) is 0 Å². The Morgan fingerprint density at radius 1 is 1.47 bits per heavy atom. The van der Waals surface area contributed by atoms with E-state index in [4.69, 9.17) is 0 Å². The standard InChI is InChI=1S/C13H25NO2S/c1-4-6-14-13(8-11(2)3)9-12-5-7-17(15,16)10-12/h8,12-14H,4-7,9-10H2,1-3H3. The Bertz CT molecular complexity index is 356.